The summed E-state index contributed by atoms with van der Waals surface area (Å²) < 4.78 is 1.91. The van der Waals surface area contributed by atoms with E-state index in [4.69, 9.17) is 0 Å². The Bertz CT molecular complexity index is 207. The van der Waals surface area contributed by atoms with E-state index in [1.54, 1.807) is 0 Å². The van der Waals surface area contributed by atoms with E-state index in [1.807, 2.05) is 19.6 Å². The van der Waals surface area contributed by atoms with Crippen LogP contribution in [0.1, 0.15) is 5.56 Å². The molecular weight excluding hydrogens is 110 g/mol. The van der Waals surface area contributed by atoms with E-state index in [2.05, 4.69) is 19.9 Å². The third-order valence-electron chi connectivity index (χ3n) is 1.87. The summed E-state index contributed by atoms with van der Waals surface area (Å²) in [6.07, 6.45) is 0. The quantitative estimate of drug-likeness (QED) is 0.339. The average molecular weight is 120 g/mol. The number of hydrogen-bond acceptors (Lipinski definition) is 1. The number of aromatic nitrogens is 2. The highest BCUT2D eigenvalue weighted by Gasteiger charge is 2.00. The minimum Gasteiger partial charge on any atom is -0.283 e. The van der Waals surface area contributed by atoms with Crippen molar-refractivity contribution in [2.75, 3.05) is 0 Å². The van der Waals surface area contributed by atoms with Crippen molar-refractivity contribution < 1.29 is 0 Å². The van der Waals surface area contributed by atoms with Gasteiger partial charge in [-0.25, -0.2) is 0 Å². The summed E-state index contributed by atoms with van der Waals surface area (Å²) in [5.74, 6) is 0. The van der Waals surface area contributed by atoms with Gasteiger partial charge in [0.2, 0.25) is 0 Å². The Balaban J connectivity index is 3.29. The molecule has 4 heteroatoms. The van der Waals surface area contributed by atoms with Gasteiger partial charge in [0.25, 0.3) is 0 Å². The molecule has 0 unspecified atom stereocenters. The van der Waals surface area contributed by atoms with E-state index >= 15 is 0 Å². The first-order valence-corrected chi connectivity index (χ1v) is 3.09. The van der Waals surface area contributed by atoms with E-state index in [0.717, 1.165) is 5.59 Å². The molecule has 0 aliphatic heterocycles. The molecule has 0 N–H and O–H groups in total. The Labute approximate surface area is 57.1 Å². The van der Waals surface area contributed by atoms with Crippen LogP contribution in [0.2, 0.25) is 0 Å². The maximum absolute atomic E-state index is 4.23. The van der Waals surface area contributed by atoms with Gasteiger partial charge < -0.3 is 0 Å². The number of nitrogens with zero attached hydrogens (tertiary/aromatic N) is 2. The van der Waals surface area contributed by atoms with Gasteiger partial charge in [0.1, 0.15) is 0 Å². The van der Waals surface area contributed by atoms with Crippen molar-refractivity contribution in [2.45, 2.75) is 6.92 Å². The molecule has 1 heterocycles. The van der Waals surface area contributed by atoms with E-state index in [9.17, 15) is 0 Å². The lowest BCUT2D eigenvalue weighted by atomic mass is 9.92. The van der Waals surface area contributed by atoms with Gasteiger partial charge in [0.05, 0.1) is 0 Å². The van der Waals surface area contributed by atoms with Crippen molar-refractivity contribution in [3.63, 3.8) is 0 Å². The predicted molar refractivity (Wildman–Crippen MR) is 44.3 cm³/mol. The molecule has 1 aromatic heterocycles. The standard InChI is InChI=1S/C5H10B2N2/c1-3-4(6)8-9(2)5(3)7/h6-7H2,1-2H3. The zero-order valence-electron chi connectivity index (χ0n) is 6.39. The van der Waals surface area contributed by atoms with Gasteiger partial charge in [-0.15, -0.1) is 0 Å². The van der Waals surface area contributed by atoms with Crippen molar-refractivity contribution in [1.82, 2.24) is 9.78 Å². The third-order valence-corrected chi connectivity index (χ3v) is 1.87. The van der Waals surface area contributed by atoms with Crippen molar-refractivity contribution in [2.24, 2.45) is 7.05 Å². The maximum atomic E-state index is 4.23. The van der Waals surface area contributed by atoms with E-state index < -0.39 is 0 Å². The van der Waals surface area contributed by atoms with E-state index in [1.165, 1.54) is 11.2 Å². The third kappa shape index (κ3) is 0.889. The van der Waals surface area contributed by atoms with Crippen LogP contribution in [-0.4, -0.2) is 25.5 Å². The Morgan fingerprint density at radius 1 is 1.44 bits per heavy atom. The minimum atomic E-state index is 1.13. The highest BCUT2D eigenvalue weighted by atomic mass is 15.3. The summed E-state index contributed by atoms with van der Waals surface area (Å²) in [7, 11) is 6.08. The summed E-state index contributed by atoms with van der Waals surface area (Å²) in [6, 6.07) is 0. The molecule has 0 atom stereocenters. The predicted octanol–water partition coefficient (Wildman–Crippen LogP) is -2.75. The van der Waals surface area contributed by atoms with Crippen LogP contribution in [0.5, 0.6) is 0 Å². The van der Waals surface area contributed by atoms with E-state index in [-0.39, 0.29) is 0 Å². The summed E-state index contributed by atoms with van der Waals surface area (Å²) in [5, 5.41) is 4.23. The van der Waals surface area contributed by atoms with Crippen LogP contribution in [-0.2, 0) is 7.05 Å². The van der Waals surface area contributed by atoms with Crippen molar-refractivity contribution >= 4 is 26.9 Å². The lowest BCUT2D eigenvalue weighted by Gasteiger charge is -1.91. The molecule has 9 heavy (non-hydrogen) atoms. The Morgan fingerprint density at radius 2 is 2.00 bits per heavy atom. The topological polar surface area (TPSA) is 17.8 Å². The van der Waals surface area contributed by atoms with Gasteiger partial charge in [-0.05, 0) is 18.1 Å². The molecule has 0 fully saturated rings. The molecule has 0 amide bonds. The van der Waals surface area contributed by atoms with Gasteiger partial charge in [-0.2, -0.15) is 5.10 Å². The highest BCUT2D eigenvalue weighted by Crippen LogP contribution is 1.80. The lowest BCUT2D eigenvalue weighted by Crippen LogP contribution is -2.16. The first-order valence-electron chi connectivity index (χ1n) is 3.09. The highest BCUT2D eigenvalue weighted by molar-refractivity contribution is 6.38. The lowest BCUT2D eigenvalue weighted by molar-refractivity contribution is 0.799. The summed E-state index contributed by atoms with van der Waals surface area (Å²) in [5.41, 5.74) is 3.69. The molecule has 0 radical (unpaired) electrons. The molecule has 0 bridgehead atoms. The molecule has 0 saturated heterocycles. The summed E-state index contributed by atoms with van der Waals surface area (Å²) >= 11 is 0. The zero-order chi connectivity index (χ0) is 7.02. The Hall–Kier alpha value is -0.660. The van der Waals surface area contributed by atoms with Crippen LogP contribution in [0.15, 0.2) is 0 Å². The molecule has 2 nitrogen and oxygen atoms in total. The maximum Gasteiger partial charge on any atom is 0.166 e. The number of aryl methyl sites for hydroxylation is 1. The molecule has 0 spiro atoms. The smallest absolute Gasteiger partial charge is 0.166 e. The molecule has 0 aliphatic carbocycles. The van der Waals surface area contributed by atoms with E-state index in [0.29, 0.717) is 0 Å². The summed E-state index contributed by atoms with van der Waals surface area (Å²) in [4.78, 5) is 0. The molecule has 46 valence electrons. The molecule has 1 aromatic rings. The van der Waals surface area contributed by atoms with Gasteiger partial charge in [-0.1, -0.05) is 0 Å². The zero-order valence-corrected chi connectivity index (χ0v) is 6.39. The average Bonchev–Trinajstić information content (AvgIpc) is 1.98. The number of hydrogen-bond donors (Lipinski definition) is 0. The largest absolute Gasteiger partial charge is 0.283 e. The Kier molecular flexibility index (Phi) is 1.39. The van der Waals surface area contributed by atoms with Crippen molar-refractivity contribution in [3.8, 4) is 0 Å². The molecule has 0 aromatic carbocycles. The van der Waals surface area contributed by atoms with Gasteiger partial charge in [0.15, 0.2) is 15.7 Å². The fraction of sp³-hybridized carbons (Fsp3) is 0.400. The summed E-state index contributed by atoms with van der Waals surface area (Å²) in [6.45, 7) is 2.09. The SMILES string of the molecule is Bc1nn(C)c(B)c1C. The van der Waals surface area contributed by atoms with Gasteiger partial charge in [0, 0.05) is 12.6 Å². The van der Waals surface area contributed by atoms with Crippen LogP contribution < -0.4 is 11.2 Å². The van der Waals surface area contributed by atoms with Gasteiger partial charge in [-0.3, -0.25) is 4.68 Å². The van der Waals surface area contributed by atoms with Crippen LogP contribution in [0, 0.1) is 6.92 Å². The first kappa shape index (κ1) is 6.46. The second kappa shape index (κ2) is 1.94. The normalized spacial score (nSPS) is 10.0. The van der Waals surface area contributed by atoms with Crippen LogP contribution in [0.25, 0.3) is 0 Å². The second-order valence-electron chi connectivity index (χ2n) is 2.42. The molecule has 1 rings (SSSR count). The minimum absolute atomic E-state index is 1.13. The first-order chi connectivity index (χ1) is 4.13. The second-order valence-corrected chi connectivity index (χ2v) is 2.42. The molecule has 0 saturated carbocycles. The van der Waals surface area contributed by atoms with Crippen LogP contribution >= 0.6 is 0 Å². The Morgan fingerprint density at radius 3 is 2.11 bits per heavy atom. The van der Waals surface area contributed by atoms with Crippen LogP contribution in [0.3, 0.4) is 0 Å². The fourth-order valence-electron chi connectivity index (χ4n) is 0.880. The number of rotatable bonds is 0. The molecule has 0 aliphatic rings. The van der Waals surface area contributed by atoms with Gasteiger partial charge >= 0.3 is 0 Å². The molecular formula is C5H10B2N2. The van der Waals surface area contributed by atoms with Crippen molar-refractivity contribution in [1.29, 1.82) is 0 Å². The van der Waals surface area contributed by atoms with Crippen molar-refractivity contribution in [3.05, 3.63) is 5.56 Å². The van der Waals surface area contributed by atoms with Crippen LogP contribution in [0.4, 0.5) is 0 Å². The fourth-order valence-corrected chi connectivity index (χ4v) is 0.880. The monoisotopic (exact) mass is 120 g/mol.